The van der Waals surface area contributed by atoms with Crippen LogP contribution in [0.3, 0.4) is 0 Å². The first-order chi connectivity index (χ1) is 8.08. The molecular formula is C14H14BrNO. The van der Waals surface area contributed by atoms with E-state index in [0.29, 0.717) is 5.69 Å². The quantitative estimate of drug-likeness (QED) is 0.833. The molecule has 0 heterocycles. The molecule has 0 amide bonds. The molecule has 0 aliphatic carbocycles. The summed E-state index contributed by atoms with van der Waals surface area (Å²) in [5.41, 5.74) is 9.25. The Morgan fingerprint density at radius 2 is 1.76 bits per heavy atom. The monoisotopic (exact) mass is 291 g/mol. The van der Waals surface area contributed by atoms with E-state index in [9.17, 15) is 5.11 Å². The standard InChI is InChI=1S/C14H14BrNO/c1-9-2-4-10(5-3-9)14(17)12-7-6-11(15)8-13(12)16/h2-8,14,17H,16H2,1H3. The van der Waals surface area contributed by atoms with Crippen molar-refractivity contribution in [2.45, 2.75) is 13.0 Å². The molecule has 1 atom stereocenters. The van der Waals surface area contributed by atoms with Crippen LogP contribution < -0.4 is 5.73 Å². The van der Waals surface area contributed by atoms with E-state index in [2.05, 4.69) is 15.9 Å². The molecule has 0 aliphatic heterocycles. The minimum Gasteiger partial charge on any atom is -0.398 e. The maximum absolute atomic E-state index is 10.3. The molecule has 3 N–H and O–H groups in total. The Hall–Kier alpha value is -1.32. The lowest BCUT2D eigenvalue weighted by Crippen LogP contribution is -2.03. The van der Waals surface area contributed by atoms with Gasteiger partial charge in [-0.25, -0.2) is 0 Å². The molecule has 2 rings (SSSR count). The Morgan fingerprint density at radius 3 is 2.35 bits per heavy atom. The second-order valence-corrected chi connectivity index (χ2v) is 5.00. The number of benzene rings is 2. The Labute approximate surface area is 109 Å². The van der Waals surface area contributed by atoms with E-state index in [0.717, 1.165) is 15.6 Å². The number of hydrogen-bond acceptors (Lipinski definition) is 2. The van der Waals surface area contributed by atoms with E-state index >= 15 is 0 Å². The Kier molecular flexibility index (Phi) is 3.50. The van der Waals surface area contributed by atoms with Crippen LogP contribution in [-0.2, 0) is 0 Å². The highest BCUT2D eigenvalue weighted by Crippen LogP contribution is 2.28. The van der Waals surface area contributed by atoms with Gasteiger partial charge < -0.3 is 10.8 Å². The smallest absolute Gasteiger partial charge is 0.106 e. The van der Waals surface area contributed by atoms with E-state index in [1.165, 1.54) is 5.56 Å². The van der Waals surface area contributed by atoms with Crippen LogP contribution in [0.4, 0.5) is 5.69 Å². The van der Waals surface area contributed by atoms with Crippen LogP contribution in [0.5, 0.6) is 0 Å². The minimum absolute atomic E-state index is 0.590. The van der Waals surface area contributed by atoms with Crippen LogP contribution in [-0.4, -0.2) is 5.11 Å². The maximum atomic E-state index is 10.3. The summed E-state index contributed by atoms with van der Waals surface area (Å²) < 4.78 is 0.912. The Balaban J connectivity index is 2.36. The fraction of sp³-hybridized carbons (Fsp3) is 0.143. The second kappa shape index (κ2) is 4.90. The number of anilines is 1. The predicted molar refractivity (Wildman–Crippen MR) is 73.8 cm³/mol. The summed E-state index contributed by atoms with van der Waals surface area (Å²) in [7, 11) is 0. The summed E-state index contributed by atoms with van der Waals surface area (Å²) in [5.74, 6) is 0. The number of aliphatic hydroxyl groups excluding tert-OH is 1. The molecule has 1 unspecified atom stereocenters. The number of aliphatic hydroxyl groups is 1. The highest BCUT2D eigenvalue weighted by atomic mass is 79.9. The van der Waals surface area contributed by atoms with E-state index in [1.807, 2.05) is 43.3 Å². The summed E-state index contributed by atoms with van der Waals surface area (Å²) >= 11 is 3.35. The summed E-state index contributed by atoms with van der Waals surface area (Å²) in [6, 6.07) is 13.3. The molecule has 3 heteroatoms. The first kappa shape index (κ1) is 12.1. The van der Waals surface area contributed by atoms with Gasteiger partial charge in [0.1, 0.15) is 6.10 Å². The molecule has 0 fully saturated rings. The van der Waals surface area contributed by atoms with Gasteiger partial charge in [-0.05, 0) is 24.6 Å². The molecular weight excluding hydrogens is 278 g/mol. The minimum atomic E-state index is -0.677. The summed E-state index contributed by atoms with van der Waals surface area (Å²) in [5, 5.41) is 10.3. The van der Waals surface area contributed by atoms with Crippen molar-refractivity contribution in [1.29, 1.82) is 0 Å². The zero-order chi connectivity index (χ0) is 12.4. The molecule has 0 radical (unpaired) electrons. The van der Waals surface area contributed by atoms with Crippen LogP contribution >= 0.6 is 15.9 Å². The topological polar surface area (TPSA) is 46.2 Å². The third-order valence-electron chi connectivity index (χ3n) is 2.74. The molecule has 2 nitrogen and oxygen atoms in total. The Morgan fingerprint density at radius 1 is 1.12 bits per heavy atom. The highest BCUT2D eigenvalue weighted by molar-refractivity contribution is 9.10. The van der Waals surface area contributed by atoms with Gasteiger partial charge in [0.05, 0.1) is 0 Å². The lowest BCUT2D eigenvalue weighted by Gasteiger charge is -2.14. The molecule has 0 saturated heterocycles. The van der Waals surface area contributed by atoms with Crippen LogP contribution in [0.25, 0.3) is 0 Å². The van der Waals surface area contributed by atoms with Gasteiger partial charge in [0.15, 0.2) is 0 Å². The van der Waals surface area contributed by atoms with Crippen molar-refractivity contribution in [3.8, 4) is 0 Å². The van der Waals surface area contributed by atoms with Gasteiger partial charge in [0, 0.05) is 15.7 Å². The molecule has 88 valence electrons. The molecule has 2 aromatic rings. The van der Waals surface area contributed by atoms with Crippen molar-refractivity contribution in [3.63, 3.8) is 0 Å². The van der Waals surface area contributed by atoms with Crippen LogP contribution in [0, 0.1) is 6.92 Å². The second-order valence-electron chi connectivity index (χ2n) is 4.09. The van der Waals surface area contributed by atoms with Crippen LogP contribution in [0.1, 0.15) is 22.8 Å². The van der Waals surface area contributed by atoms with Crippen LogP contribution in [0.2, 0.25) is 0 Å². The van der Waals surface area contributed by atoms with E-state index < -0.39 is 6.10 Å². The predicted octanol–water partition coefficient (Wildman–Crippen LogP) is 3.42. The van der Waals surface area contributed by atoms with E-state index in [1.54, 1.807) is 6.07 Å². The van der Waals surface area contributed by atoms with Crippen molar-refractivity contribution < 1.29 is 5.11 Å². The van der Waals surface area contributed by atoms with E-state index in [4.69, 9.17) is 5.73 Å². The SMILES string of the molecule is Cc1ccc(C(O)c2ccc(Br)cc2N)cc1. The van der Waals surface area contributed by atoms with Crippen molar-refractivity contribution >= 4 is 21.6 Å². The number of halogens is 1. The van der Waals surface area contributed by atoms with Gasteiger partial charge in [0.2, 0.25) is 0 Å². The summed E-state index contributed by atoms with van der Waals surface area (Å²) in [6.45, 7) is 2.02. The number of nitrogens with two attached hydrogens (primary N) is 1. The number of rotatable bonds is 2. The van der Waals surface area contributed by atoms with Crippen molar-refractivity contribution in [2.75, 3.05) is 5.73 Å². The van der Waals surface area contributed by atoms with Gasteiger partial charge in [0.25, 0.3) is 0 Å². The molecule has 17 heavy (non-hydrogen) atoms. The lowest BCUT2D eigenvalue weighted by atomic mass is 9.99. The lowest BCUT2D eigenvalue weighted by molar-refractivity contribution is 0.221. The first-order valence-corrected chi connectivity index (χ1v) is 6.17. The van der Waals surface area contributed by atoms with Gasteiger partial charge in [-0.2, -0.15) is 0 Å². The summed E-state index contributed by atoms with van der Waals surface area (Å²) in [4.78, 5) is 0. The Bertz CT molecular complexity index is 522. The number of aryl methyl sites for hydroxylation is 1. The van der Waals surface area contributed by atoms with E-state index in [-0.39, 0.29) is 0 Å². The van der Waals surface area contributed by atoms with Crippen molar-refractivity contribution in [2.24, 2.45) is 0 Å². The third kappa shape index (κ3) is 2.68. The first-order valence-electron chi connectivity index (χ1n) is 5.37. The number of hydrogen-bond donors (Lipinski definition) is 2. The van der Waals surface area contributed by atoms with Crippen molar-refractivity contribution in [1.82, 2.24) is 0 Å². The fourth-order valence-corrected chi connectivity index (χ4v) is 2.10. The fourth-order valence-electron chi connectivity index (χ4n) is 1.72. The maximum Gasteiger partial charge on any atom is 0.106 e. The average Bonchev–Trinajstić information content (AvgIpc) is 2.29. The zero-order valence-corrected chi connectivity index (χ0v) is 11.1. The average molecular weight is 292 g/mol. The van der Waals surface area contributed by atoms with Gasteiger partial charge >= 0.3 is 0 Å². The molecule has 2 aromatic carbocycles. The van der Waals surface area contributed by atoms with Gasteiger partial charge in [-0.1, -0.05) is 51.8 Å². The van der Waals surface area contributed by atoms with Gasteiger partial charge in [-0.15, -0.1) is 0 Å². The molecule has 0 aliphatic rings. The summed E-state index contributed by atoms with van der Waals surface area (Å²) in [6.07, 6.45) is -0.677. The normalized spacial score (nSPS) is 12.4. The number of nitrogen functional groups attached to an aromatic ring is 1. The molecule has 0 aromatic heterocycles. The largest absolute Gasteiger partial charge is 0.398 e. The molecule has 0 bridgehead atoms. The third-order valence-corrected chi connectivity index (χ3v) is 3.23. The highest BCUT2D eigenvalue weighted by Gasteiger charge is 2.13. The molecule has 0 spiro atoms. The van der Waals surface area contributed by atoms with Gasteiger partial charge in [-0.3, -0.25) is 0 Å². The van der Waals surface area contributed by atoms with Crippen LogP contribution in [0.15, 0.2) is 46.9 Å². The van der Waals surface area contributed by atoms with Crippen molar-refractivity contribution in [3.05, 3.63) is 63.6 Å². The zero-order valence-electron chi connectivity index (χ0n) is 9.52. The molecule has 0 saturated carbocycles.